The van der Waals surface area contributed by atoms with Crippen LogP contribution in [0.5, 0.6) is 0 Å². The smallest absolute Gasteiger partial charge is 0.310 e. The first-order valence-electron chi connectivity index (χ1n) is 3.92. The molecule has 1 rings (SSSR count). The topological polar surface area (TPSA) is 37.3 Å². The highest BCUT2D eigenvalue weighted by Crippen LogP contribution is 2.28. The molecule has 2 nitrogen and oxygen atoms in total. The van der Waals surface area contributed by atoms with E-state index < -0.39 is 39.4 Å². The zero-order valence-corrected chi connectivity index (χ0v) is 9.11. The number of aliphatic carboxylic acids is 1. The summed E-state index contributed by atoms with van der Waals surface area (Å²) < 4.78 is 38.6. The molecule has 0 amide bonds. The molecule has 0 saturated carbocycles. The molecule has 0 saturated heterocycles. The molecule has 1 aromatic rings. The predicted molar refractivity (Wildman–Crippen MR) is 50.1 cm³/mol. The second kappa shape index (κ2) is 4.22. The van der Waals surface area contributed by atoms with E-state index in [-0.39, 0.29) is 0 Å². The van der Waals surface area contributed by atoms with Crippen molar-refractivity contribution in [2.24, 2.45) is 0 Å². The molecule has 0 aromatic heterocycles. The Morgan fingerprint density at radius 3 is 2.40 bits per heavy atom. The highest BCUT2D eigenvalue weighted by atomic mass is 79.9. The van der Waals surface area contributed by atoms with Crippen LogP contribution in [-0.4, -0.2) is 11.1 Å². The van der Waals surface area contributed by atoms with Crippen LogP contribution in [0.1, 0.15) is 18.4 Å². The van der Waals surface area contributed by atoms with Gasteiger partial charge in [0.1, 0.15) is 5.82 Å². The lowest BCUT2D eigenvalue weighted by molar-refractivity contribution is -0.138. The van der Waals surface area contributed by atoms with Crippen LogP contribution in [0, 0.1) is 17.5 Å². The van der Waals surface area contributed by atoms with Crippen molar-refractivity contribution >= 4 is 21.9 Å². The summed E-state index contributed by atoms with van der Waals surface area (Å²) in [6.07, 6.45) is 0. The fourth-order valence-electron chi connectivity index (χ4n) is 1.04. The van der Waals surface area contributed by atoms with Gasteiger partial charge in [-0.2, -0.15) is 0 Å². The molecule has 0 aliphatic carbocycles. The molecule has 0 aliphatic heterocycles. The maximum atomic E-state index is 13.2. The summed E-state index contributed by atoms with van der Waals surface area (Å²) in [4.78, 5) is 10.5. The molecule has 0 fully saturated rings. The van der Waals surface area contributed by atoms with E-state index in [4.69, 9.17) is 5.11 Å². The van der Waals surface area contributed by atoms with E-state index in [1.54, 1.807) is 0 Å². The van der Waals surface area contributed by atoms with Gasteiger partial charge in [-0.05, 0) is 28.9 Å². The van der Waals surface area contributed by atoms with Crippen LogP contribution in [-0.2, 0) is 4.79 Å². The molecule has 82 valence electrons. The minimum atomic E-state index is -1.42. The summed E-state index contributed by atoms with van der Waals surface area (Å²) in [5, 5.41) is 8.59. The van der Waals surface area contributed by atoms with E-state index in [0.29, 0.717) is 6.07 Å². The fraction of sp³-hybridized carbons (Fsp3) is 0.222. The second-order valence-electron chi connectivity index (χ2n) is 2.95. The summed E-state index contributed by atoms with van der Waals surface area (Å²) in [5.41, 5.74) is -0.513. The number of carbonyl (C=O) groups is 1. The summed E-state index contributed by atoms with van der Waals surface area (Å²) in [6, 6.07) is 0.668. The van der Waals surface area contributed by atoms with Crippen molar-refractivity contribution < 1.29 is 23.1 Å². The lowest BCUT2D eigenvalue weighted by atomic mass is 10.0. The van der Waals surface area contributed by atoms with Gasteiger partial charge in [-0.25, -0.2) is 13.2 Å². The summed E-state index contributed by atoms with van der Waals surface area (Å²) in [5.74, 6) is -6.45. The first-order valence-corrected chi connectivity index (χ1v) is 4.71. The number of carboxylic acid groups (broad SMARTS) is 1. The molecular weight excluding hydrogens is 277 g/mol. The number of carboxylic acids is 1. The Morgan fingerprint density at radius 2 is 1.93 bits per heavy atom. The van der Waals surface area contributed by atoms with E-state index in [0.717, 1.165) is 6.92 Å². The van der Waals surface area contributed by atoms with Gasteiger partial charge < -0.3 is 5.11 Å². The normalized spacial score (nSPS) is 12.6. The molecular formula is C9H6BrF3O2. The Labute approximate surface area is 91.8 Å². The van der Waals surface area contributed by atoms with E-state index in [1.165, 1.54) is 0 Å². The standard InChI is InChI=1S/C9H6BrF3O2/c1-3(9(14)15)4-2-5(11)6(10)8(13)7(4)12/h2-3H,1H3,(H,14,15). The number of rotatable bonds is 2. The molecule has 6 heteroatoms. The maximum absolute atomic E-state index is 13.2. The third-order valence-electron chi connectivity index (χ3n) is 1.97. The van der Waals surface area contributed by atoms with Gasteiger partial charge in [-0.1, -0.05) is 0 Å². The van der Waals surface area contributed by atoms with Crippen LogP contribution < -0.4 is 0 Å². The minimum Gasteiger partial charge on any atom is -0.481 e. The highest BCUT2D eigenvalue weighted by molar-refractivity contribution is 9.10. The van der Waals surface area contributed by atoms with Gasteiger partial charge in [0.2, 0.25) is 0 Å². The monoisotopic (exact) mass is 282 g/mol. The molecule has 0 aliphatic rings. The molecule has 1 unspecified atom stereocenters. The van der Waals surface area contributed by atoms with Crippen molar-refractivity contribution in [2.45, 2.75) is 12.8 Å². The van der Waals surface area contributed by atoms with Crippen molar-refractivity contribution in [1.82, 2.24) is 0 Å². The van der Waals surface area contributed by atoms with Gasteiger partial charge in [-0.3, -0.25) is 4.79 Å². The van der Waals surface area contributed by atoms with E-state index >= 15 is 0 Å². The van der Waals surface area contributed by atoms with Crippen molar-refractivity contribution in [3.8, 4) is 0 Å². The third-order valence-corrected chi connectivity index (χ3v) is 2.69. The Hall–Kier alpha value is -1.04. The first-order chi connectivity index (χ1) is 6.86. The zero-order chi connectivity index (χ0) is 11.7. The van der Waals surface area contributed by atoms with E-state index in [1.807, 2.05) is 0 Å². The number of hydrogen-bond acceptors (Lipinski definition) is 1. The van der Waals surface area contributed by atoms with Crippen LogP contribution in [0.4, 0.5) is 13.2 Å². The highest BCUT2D eigenvalue weighted by Gasteiger charge is 2.24. The van der Waals surface area contributed by atoms with Gasteiger partial charge in [0.25, 0.3) is 0 Å². The van der Waals surface area contributed by atoms with E-state index in [2.05, 4.69) is 15.9 Å². The SMILES string of the molecule is CC(C(=O)O)c1cc(F)c(Br)c(F)c1F. The lowest BCUT2D eigenvalue weighted by Crippen LogP contribution is -2.11. The number of benzene rings is 1. The average Bonchev–Trinajstić information content (AvgIpc) is 2.19. The van der Waals surface area contributed by atoms with E-state index in [9.17, 15) is 18.0 Å². The first kappa shape index (κ1) is 12.0. The molecule has 1 atom stereocenters. The average molecular weight is 283 g/mol. The van der Waals surface area contributed by atoms with Crippen molar-refractivity contribution in [1.29, 1.82) is 0 Å². The lowest BCUT2D eigenvalue weighted by Gasteiger charge is -2.09. The summed E-state index contributed by atoms with van der Waals surface area (Å²) in [6.45, 7) is 1.15. The molecule has 0 spiro atoms. The predicted octanol–water partition coefficient (Wildman–Crippen LogP) is 3.05. The number of halogens is 4. The van der Waals surface area contributed by atoms with Crippen LogP contribution >= 0.6 is 15.9 Å². The molecule has 15 heavy (non-hydrogen) atoms. The molecule has 1 N–H and O–H groups in total. The molecule has 0 bridgehead atoms. The van der Waals surface area contributed by atoms with Crippen LogP contribution in [0.15, 0.2) is 10.5 Å². The minimum absolute atomic E-state index is 0.513. The van der Waals surface area contributed by atoms with Gasteiger partial charge in [0.15, 0.2) is 11.6 Å². The van der Waals surface area contributed by atoms with Gasteiger partial charge in [0.05, 0.1) is 10.4 Å². The Bertz CT molecular complexity index is 420. The van der Waals surface area contributed by atoms with Crippen molar-refractivity contribution in [2.75, 3.05) is 0 Å². The molecule has 1 aromatic carbocycles. The van der Waals surface area contributed by atoms with Crippen molar-refractivity contribution in [3.05, 3.63) is 33.6 Å². The maximum Gasteiger partial charge on any atom is 0.310 e. The van der Waals surface area contributed by atoms with Crippen LogP contribution in [0.3, 0.4) is 0 Å². The molecule has 0 radical (unpaired) electrons. The fourth-order valence-corrected chi connectivity index (χ4v) is 1.33. The van der Waals surface area contributed by atoms with Crippen molar-refractivity contribution in [3.63, 3.8) is 0 Å². The third kappa shape index (κ3) is 2.14. The molecule has 0 heterocycles. The van der Waals surface area contributed by atoms with Gasteiger partial charge in [-0.15, -0.1) is 0 Å². The Balaban J connectivity index is 3.38. The Kier molecular flexibility index (Phi) is 3.38. The summed E-state index contributed by atoms with van der Waals surface area (Å²) in [7, 11) is 0. The van der Waals surface area contributed by atoms with Crippen LogP contribution in [0.2, 0.25) is 0 Å². The Morgan fingerprint density at radius 1 is 1.40 bits per heavy atom. The second-order valence-corrected chi connectivity index (χ2v) is 3.74. The zero-order valence-electron chi connectivity index (χ0n) is 7.52. The van der Waals surface area contributed by atoms with Gasteiger partial charge >= 0.3 is 5.97 Å². The quantitative estimate of drug-likeness (QED) is 0.669. The largest absolute Gasteiger partial charge is 0.481 e. The van der Waals surface area contributed by atoms with Gasteiger partial charge in [0, 0.05) is 5.56 Å². The summed E-state index contributed by atoms with van der Waals surface area (Å²) >= 11 is 2.51. The van der Waals surface area contributed by atoms with Crippen LogP contribution in [0.25, 0.3) is 0 Å². The number of hydrogen-bond donors (Lipinski definition) is 1.